The molecule has 0 amide bonds. The molecule has 0 aliphatic heterocycles. The molecule has 17 heavy (non-hydrogen) atoms. The molecular formula is C15H24O2. The van der Waals surface area contributed by atoms with Crippen LogP contribution in [0.5, 0.6) is 0 Å². The highest BCUT2D eigenvalue weighted by molar-refractivity contribution is 5.36. The summed E-state index contributed by atoms with van der Waals surface area (Å²) < 4.78 is 0. The lowest BCUT2D eigenvalue weighted by atomic mass is 9.67. The van der Waals surface area contributed by atoms with Crippen molar-refractivity contribution in [1.82, 2.24) is 0 Å². The Morgan fingerprint density at radius 1 is 1.41 bits per heavy atom. The SMILES string of the molecule is CC1=C([C@@](C)(O)CO)CCC2=CCC[C@H](C)[C@H]21. The molecule has 0 aromatic rings. The molecular weight excluding hydrogens is 212 g/mol. The number of rotatable bonds is 2. The van der Waals surface area contributed by atoms with Crippen LogP contribution in [0.1, 0.15) is 46.5 Å². The van der Waals surface area contributed by atoms with Crippen molar-refractivity contribution >= 4 is 0 Å². The molecule has 0 saturated heterocycles. The Balaban J connectivity index is 2.39. The fourth-order valence-electron chi connectivity index (χ4n) is 3.60. The summed E-state index contributed by atoms with van der Waals surface area (Å²) in [6, 6.07) is 0. The van der Waals surface area contributed by atoms with Gasteiger partial charge in [0.2, 0.25) is 0 Å². The van der Waals surface area contributed by atoms with Gasteiger partial charge in [-0.2, -0.15) is 0 Å². The first-order valence-electron chi connectivity index (χ1n) is 6.69. The summed E-state index contributed by atoms with van der Waals surface area (Å²) in [5.41, 5.74) is 2.88. The fraction of sp³-hybridized carbons (Fsp3) is 0.733. The summed E-state index contributed by atoms with van der Waals surface area (Å²) in [6.07, 6.45) is 6.77. The van der Waals surface area contributed by atoms with Crippen LogP contribution in [-0.2, 0) is 0 Å². The van der Waals surface area contributed by atoms with Crippen molar-refractivity contribution in [2.75, 3.05) is 6.61 Å². The van der Waals surface area contributed by atoms with Gasteiger partial charge in [-0.3, -0.25) is 0 Å². The third kappa shape index (κ3) is 2.21. The first-order chi connectivity index (χ1) is 7.97. The molecule has 2 aliphatic carbocycles. The van der Waals surface area contributed by atoms with E-state index in [0.29, 0.717) is 11.8 Å². The van der Waals surface area contributed by atoms with E-state index in [-0.39, 0.29) is 6.61 Å². The zero-order chi connectivity index (χ0) is 12.6. The normalized spacial score (nSPS) is 32.9. The van der Waals surface area contributed by atoms with Crippen molar-refractivity contribution in [3.8, 4) is 0 Å². The van der Waals surface area contributed by atoms with Crippen molar-refractivity contribution in [2.45, 2.75) is 52.1 Å². The van der Waals surface area contributed by atoms with Gasteiger partial charge in [0.15, 0.2) is 0 Å². The van der Waals surface area contributed by atoms with E-state index in [1.807, 2.05) is 0 Å². The van der Waals surface area contributed by atoms with Gasteiger partial charge in [-0.15, -0.1) is 0 Å². The smallest absolute Gasteiger partial charge is 0.106 e. The van der Waals surface area contributed by atoms with Crippen molar-refractivity contribution in [3.05, 3.63) is 22.8 Å². The van der Waals surface area contributed by atoms with Crippen LogP contribution in [0.15, 0.2) is 22.8 Å². The molecule has 0 fully saturated rings. The number of hydrogen-bond donors (Lipinski definition) is 2. The van der Waals surface area contributed by atoms with Crippen LogP contribution in [0, 0.1) is 11.8 Å². The predicted molar refractivity (Wildman–Crippen MR) is 69.6 cm³/mol. The lowest BCUT2D eigenvalue weighted by Crippen LogP contribution is -2.36. The van der Waals surface area contributed by atoms with Gasteiger partial charge in [0.25, 0.3) is 0 Å². The van der Waals surface area contributed by atoms with Crippen LogP contribution < -0.4 is 0 Å². The summed E-state index contributed by atoms with van der Waals surface area (Å²) in [6.45, 7) is 5.99. The van der Waals surface area contributed by atoms with Gasteiger partial charge in [0.1, 0.15) is 5.60 Å². The number of hydrogen-bond acceptors (Lipinski definition) is 2. The van der Waals surface area contributed by atoms with Crippen LogP contribution in [0.2, 0.25) is 0 Å². The van der Waals surface area contributed by atoms with Crippen LogP contribution in [0.3, 0.4) is 0 Å². The Labute approximate surface area is 104 Å². The Kier molecular flexibility index (Phi) is 3.46. The molecule has 0 saturated carbocycles. The third-order valence-electron chi connectivity index (χ3n) is 4.56. The van der Waals surface area contributed by atoms with E-state index in [4.69, 9.17) is 0 Å². The highest BCUT2D eigenvalue weighted by Gasteiger charge is 2.36. The first-order valence-corrected chi connectivity index (χ1v) is 6.69. The van der Waals surface area contributed by atoms with Crippen molar-refractivity contribution < 1.29 is 10.2 Å². The first kappa shape index (κ1) is 12.8. The molecule has 2 N–H and O–H groups in total. The monoisotopic (exact) mass is 236 g/mol. The van der Waals surface area contributed by atoms with Crippen LogP contribution in [-0.4, -0.2) is 22.4 Å². The Bertz CT molecular complexity index is 363. The Morgan fingerprint density at radius 3 is 2.76 bits per heavy atom. The van der Waals surface area contributed by atoms with Crippen molar-refractivity contribution in [1.29, 1.82) is 0 Å². The van der Waals surface area contributed by atoms with Gasteiger partial charge in [-0.25, -0.2) is 0 Å². The predicted octanol–water partition coefficient (Wildman–Crippen LogP) is 2.81. The minimum Gasteiger partial charge on any atom is -0.393 e. The van der Waals surface area contributed by atoms with E-state index in [1.54, 1.807) is 12.5 Å². The molecule has 0 aromatic heterocycles. The maximum absolute atomic E-state index is 10.3. The highest BCUT2D eigenvalue weighted by atomic mass is 16.3. The summed E-state index contributed by atoms with van der Waals surface area (Å²) in [4.78, 5) is 0. The summed E-state index contributed by atoms with van der Waals surface area (Å²) in [5, 5.41) is 19.6. The van der Waals surface area contributed by atoms with E-state index >= 15 is 0 Å². The second-order valence-electron chi connectivity index (χ2n) is 5.90. The van der Waals surface area contributed by atoms with E-state index in [0.717, 1.165) is 18.4 Å². The number of aliphatic hydroxyl groups excluding tert-OH is 1. The quantitative estimate of drug-likeness (QED) is 0.724. The van der Waals surface area contributed by atoms with E-state index in [2.05, 4.69) is 19.9 Å². The maximum Gasteiger partial charge on any atom is 0.106 e. The van der Waals surface area contributed by atoms with E-state index < -0.39 is 5.60 Å². The Morgan fingerprint density at radius 2 is 2.12 bits per heavy atom. The van der Waals surface area contributed by atoms with Gasteiger partial charge in [0, 0.05) is 5.92 Å². The molecule has 2 rings (SSSR count). The average molecular weight is 236 g/mol. The third-order valence-corrected chi connectivity index (χ3v) is 4.56. The van der Waals surface area contributed by atoms with Crippen molar-refractivity contribution in [2.24, 2.45) is 11.8 Å². The number of allylic oxidation sites excluding steroid dienone is 3. The second kappa shape index (κ2) is 4.58. The minimum atomic E-state index is -1.03. The van der Waals surface area contributed by atoms with Gasteiger partial charge in [-0.1, -0.05) is 24.1 Å². The van der Waals surface area contributed by atoms with Crippen molar-refractivity contribution in [3.63, 3.8) is 0 Å². The summed E-state index contributed by atoms with van der Waals surface area (Å²) >= 11 is 0. The maximum atomic E-state index is 10.3. The molecule has 0 unspecified atom stereocenters. The minimum absolute atomic E-state index is 0.181. The molecule has 0 bridgehead atoms. The second-order valence-corrected chi connectivity index (χ2v) is 5.90. The molecule has 96 valence electrons. The van der Waals surface area contributed by atoms with Gasteiger partial charge in [-0.05, 0) is 51.0 Å². The largest absolute Gasteiger partial charge is 0.393 e. The van der Waals surface area contributed by atoms with Crippen LogP contribution >= 0.6 is 0 Å². The highest BCUT2D eigenvalue weighted by Crippen LogP contribution is 2.45. The molecule has 0 radical (unpaired) electrons. The molecule has 3 atom stereocenters. The molecule has 0 heterocycles. The molecule has 2 nitrogen and oxygen atoms in total. The van der Waals surface area contributed by atoms with E-state index in [1.165, 1.54) is 18.4 Å². The van der Waals surface area contributed by atoms with E-state index in [9.17, 15) is 10.2 Å². The summed E-state index contributed by atoms with van der Waals surface area (Å²) in [7, 11) is 0. The molecule has 0 spiro atoms. The number of fused-ring (bicyclic) bond motifs is 1. The Hall–Kier alpha value is -0.600. The van der Waals surface area contributed by atoms with Gasteiger partial charge in [0.05, 0.1) is 6.61 Å². The lowest BCUT2D eigenvalue weighted by Gasteiger charge is -2.40. The zero-order valence-corrected chi connectivity index (χ0v) is 11.2. The standard InChI is InChI=1S/C15H24O2/c1-10-5-4-6-12-7-8-13(11(2)14(10)12)15(3,17)9-16/h6,10,14,16-17H,4-5,7-9H2,1-3H3/t10-,14-,15-/m0/s1. The average Bonchev–Trinajstić information content (AvgIpc) is 2.29. The molecule has 2 heteroatoms. The molecule has 2 aliphatic rings. The lowest BCUT2D eigenvalue weighted by molar-refractivity contribution is 0.0279. The van der Waals surface area contributed by atoms with Gasteiger partial charge >= 0.3 is 0 Å². The number of aliphatic hydroxyl groups is 2. The topological polar surface area (TPSA) is 40.5 Å². The zero-order valence-electron chi connectivity index (χ0n) is 11.2. The summed E-state index contributed by atoms with van der Waals surface area (Å²) in [5.74, 6) is 1.17. The van der Waals surface area contributed by atoms with Crippen LogP contribution in [0.4, 0.5) is 0 Å². The fourth-order valence-corrected chi connectivity index (χ4v) is 3.60. The molecule has 0 aromatic carbocycles. The van der Waals surface area contributed by atoms with Gasteiger partial charge < -0.3 is 10.2 Å². The van der Waals surface area contributed by atoms with Crippen LogP contribution in [0.25, 0.3) is 0 Å².